The molecule has 0 aromatic carbocycles. The van der Waals surface area contributed by atoms with Crippen LogP contribution in [0.1, 0.15) is 39.5 Å². The number of aryl methyl sites for hydroxylation is 2. The van der Waals surface area contributed by atoms with Crippen molar-refractivity contribution in [2.45, 2.75) is 26.3 Å². The molecule has 21 heavy (non-hydrogen) atoms. The number of carbonyl (C=O) groups excluding carboxylic acids is 1. The molecule has 0 N–H and O–H groups in total. The highest BCUT2D eigenvalue weighted by molar-refractivity contribution is 5.94. The molecule has 7 nitrogen and oxygen atoms in total. The lowest BCUT2D eigenvalue weighted by Crippen LogP contribution is -2.31. The first-order chi connectivity index (χ1) is 10.1. The second-order valence-electron chi connectivity index (χ2n) is 5.14. The first-order valence-electron chi connectivity index (χ1n) is 6.77. The van der Waals surface area contributed by atoms with Crippen molar-refractivity contribution in [1.82, 2.24) is 19.8 Å². The molecule has 0 saturated heterocycles. The summed E-state index contributed by atoms with van der Waals surface area (Å²) in [5, 5.41) is 17.0. The number of hydrogen-bond acceptors (Lipinski definition) is 5. The van der Waals surface area contributed by atoms with E-state index in [0.29, 0.717) is 30.1 Å². The molecule has 3 rings (SSSR count). The maximum Gasteiger partial charge on any atom is 0.259 e. The maximum atomic E-state index is 12.6. The van der Waals surface area contributed by atoms with Crippen molar-refractivity contribution in [3.05, 3.63) is 34.5 Å². The van der Waals surface area contributed by atoms with E-state index in [1.807, 2.05) is 0 Å². The van der Waals surface area contributed by atoms with Gasteiger partial charge in [0.2, 0.25) is 0 Å². The van der Waals surface area contributed by atoms with Crippen molar-refractivity contribution in [2.24, 2.45) is 7.05 Å². The SMILES string of the molecule is Cc1oncc1C(=O)N1CCCc2c(C#N)nn(C)c2C1. The monoisotopic (exact) mass is 285 g/mol. The summed E-state index contributed by atoms with van der Waals surface area (Å²) >= 11 is 0. The molecule has 2 aromatic rings. The highest BCUT2D eigenvalue weighted by Gasteiger charge is 2.26. The molecule has 0 saturated carbocycles. The van der Waals surface area contributed by atoms with E-state index >= 15 is 0 Å². The van der Waals surface area contributed by atoms with Crippen molar-refractivity contribution in [2.75, 3.05) is 6.54 Å². The van der Waals surface area contributed by atoms with Gasteiger partial charge in [0, 0.05) is 19.2 Å². The van der Waals surface area contributed by atoms with Crippen LogP contribution in [0.5, 0.6) is 0 Å². The number of rotatable bonds is 1. The fourth-order valence-electron chi connectivity index (χ4n) is 2.71. The molecule has 0 fully saturated rings. The summed E-state index contributed by atoms with van der Waals surface area (Å²) in [7, 11) is 1.80. The molecule has 1 amide bonds. The molecule has 3 heterocycles. The maximum absolute atomic E-state index is 12.6. The molecule has 1 aliphatic heterocycles. The van der Waals surface area contributed by atoms with E-state index in [-0.39, 0.29) is 5.91 Å². The van der Waals surface area contributed by atoms with Gasteiger partial charge in [-0.3, -0.25) is 9.48 Å². The van der Waals surface area contributed by atoms with E-state index in [4.69, 9.17) is 9.78 Å². The lowest BCUT2D eigenvalue weighted by molar-refractivity contribution is 0.0740. The van der Waals surface area contributed by atoms with Gasteiger partial charge in [-0.05, 0) is 19.8 Å². The third kappa shape index (κ3) is 2.18. The van der Waals surface area contributed by atoms with Gasteiger partial charge in [0.05, 0.1) is 18.4 Å². The Balaban J connectivity index is 1.93. The molecule has 0 radical (unpaired) electrons. The Kier molecular flexibility index (Phi) is 3.22. The van der Waals surface area contributed by atoms with Gasteiger partial charge in [-0.1, -0.05) is 5.16 Å². The van der Waals surface area contributed by atoms with Gasteiger partial charge in [0.25, 0.3) is 5.91 Å². The lowest BCUT2D eigenvalue weighted by atomic mass is 10.1. The van der Waals surface area contributed by atoms with Crippen LogP contribution in [0.3, 0.4) is 0 Å². The predicted molar refractivity (Wildman–Crippen MR) is 72.2 cm³/mol. The van der Waals surface area contributed by atoms with Gasteiger partial charge in [-0.25, -0.2) is 0 Å². The highest BCUT2D eigenvalue weighted by atomic mass is 16.5. The number of amides is 1. The number of nitrogens with zero attached hydrogens (tertiary/aromatic N) is 5. The second-order valence-corrected chi connectivity index (χ2v) is 5.14. The van der Waals surface area contributed by atoms with Crippen LogP contribution in [-0.4, -0.2) is 32.3 Å². The zero-order chi connectivity index (χ0) is 15.0. The lowest BCUT2D eigenvalue weighted by Gasteiger charge is -2.20. The largest absolute Gasteiger partial charge is 0.361 e. The summed E-state index contributed by atoms with van der Waals surface area (Å²) in [5.41, 5.74) is 2.83. The Morgan fingerprint density at radius 2 is 2.33 bits per heavy atom. The van der Waals surface area contributed by atoms with Gasteiger partial charge >= 0.3 is 0 Å². The molecule has 0 atom stereocenters. The minimum Gasteiger partial charge on any atom is -0.361 e. The number of hydrogen-bond donors (Lipinski definition) is 0. The quantitative estimate of drug-likeness (QED) is 0.785. The topological polar surface area (TPSA) is 87.9 Å². The van der Waals surface area contributed by atoms with Gasteiger partial charge in [-0.15, -0.1) is 0 Å². The van der Waals surface area contributed by atoms with Crippen molar-refractivity contribution in [1.29, 1.82) is 5.26 Å². The van der Waals surface area contributed by atoms with Gasteiger partial charge < -0.3 is 9.42 Å². The third-order valence-corrected chi connectivity index (χ3v) is 3.84. The van der Waals surface area contributed by atoms with E-state index in [2.05, 4.69) is 16.3 Å². The van der Waals surface area contributed by atoms with E-state index in [1.54, 1.807) is 23.6 Å². The number of fused-ring (bicyclic) bond motifs is 1. The Bertz CT molecular complexity index is 737. The molecule has 1 aliphatic rings. The van der Waals surface area contributed by atoms with Crippen molar-refractivity contribution in [3.63, 3.8) is 0 Å². The van der Waals surface area contributed by atoms with Crippen LogP contribution >= 0.6 is 0 Å². The van der Waals surface area contributed by atoms with Crippen LogP contribution in [0.15, 0.2) is 10.7 Å². The smallest absolute Gasteiger partial charge is 0.259 e. The molecule has 0 bridgehead atoms. The Labute approximate surface area is 121 Å². The minimum atomic E-state index is -0.0960. The molecule has 2 aromatic heterocycles. The molecule has 0 unspecified atom stereocenters. The number of aromatic nitrogens is 3. The fraction of sp³-hybridized carbons (Fsp3) is 0.429. The molecular formula is C14H15N5O2. The van der Waals surface area contributed by atoms with E-state index < -0.39 is 0 Å². The summed E-state index contributed by atoms with van der Waals surface area (Å²) in [6, 6.07) is 2.12. The summed E-state index contributed by atoms with van der Waals surface area (Å²) in [6.07, 6.45) is 3.02. The Morgan fingerprint density at radius 1 is 1.52 bits per heavy atom. The van der Waals surface area contributed by atoms with Crippen LogP contribution < -0.4 is 0 Å². The molecular weight excluding hydrogens is 270 g/mol. The van der Waals surface area contributed by atoms with E-state index in [9.17, 15) is 4.79 Å². The average molecular weight is 285 g/mol. The highest BCUT2D eigenvalue weighted by Crippen LogP contribution is 2.23. The van der Waals surface area contributed by atoms with Crippen molar-refractivity contribution < 1.29 is 9.32 Å². The minimum absolute atomic E-state index is 0.0960. The van der Waals surface area contributed by atoms with Crippen LogP contribution in [0, 0.1) is 18.3 Å². The fourth-order valence-corrected chi connectivity index (χ4v) is 2.71. The third-order valence-electron chi connectivity index (χ3n) is 3.84. The number of nitriles is 1. The van der Waals surface area contributed by atoms with Gasteiger partial charge in [0.1, 0.15) is 17.4 Å². The summed E-state index contributed by atoms with van der Waals surface area (Å²) in [5.74, 6) is 0.425. The summed E-state index contributed by atoms with van der Waals surface area (Å²) in [4.78, 5) is 14.3. The first-order valence-corrected chi connectivity index (χ1v) is 6.77. The van der Waals surface area contributed by atoms with Gasteiger partial charge in [-0.2, -0.15) is 10.4 Å². The standard InChI is InChI=1S/C14H15N5O2/c1-9-11(7-16-21-9)14(20)19-5-3-4-10-12(6-15)17-18(2)13(10)8-19/h7H,3-5,8H2,1-2H3. The van der Waals surface area contributed by atoms with Crippen LogP contribution in [0.4, 0.5) is 0 Å². The van der Waals surface area contributed by atoms with E-state index in [0.717, 1.165) is 24.1 Å². The second kappa shape index (κ2) is 5.05. The Hall–Kier alpha value is -2.62. The van der Waals surface area contributed by atoms with Crippen molar-refractivity contribution in [3.8, 4) is 6.07 Å². The normalized spacial score (nSPS) is 14.4. The van der Waals surface area contributed by atoms with Crippen LogP contribution in [0.2, 0.25) is 0 Å². The van der Waals surface area contributed by atoms with Crippen molar-refractivity contribution >= 4 is 5.91 Å². The van der Waals surface area contributed by atoms with E-state index in [1.165, 1.54) is 6.20 Å². The molecule has 0 aliphatic carbocycles. The van der Waals surface area contributed by atoms with Crippen LogP contribution in [-0.2, 0) is 20.0 Å². The number of carbonyl (C=O) groups is 1. The molecule has 108 valence electrons. The zero-order valence-corrected chi connectivity index (χ0v) is 12.0. The molecule has 0 spiro atoms. The first kappa shape index (κ1) is 13.4. The zero-order valence-electron chi connectivity index (χ0n) is 12.0. The van der Waals surface area contributed by atoms with Gasteiger partial charge in [0.15, 0.2) is 5.69 Å². The predicted octanol–water partition coefficient (Wildman–Crippen LogP) is 1.18. The summed E-state index contributed by atoms with van der Waals surface area (Å²) < 4.78 is 6.66. The van der Waals surface area contributed by atoms with Crippen LogP contribution in [0.25, 0.3) is 0 Å². The molecule has 7 heteroatoms. The Morgan fingerprint density at radius 3 is 3.00 bits per heavy atom. The summed E-state index contributed by atoms with van der Waals surface area (Å²) in [6.45, 7) is 2.81. The average Bonchev–Trinajstić information content (AvgIpc) is 2.93.